The van der Waals surface area contributed by atoms with Crippen LogP contribution >= 0.6 is 0 Å². The number of nitrogens with one attached hydrogen (secondary N) is 1. The highest BCUT2D eigenvalue weighted by molar-refractivity contribution is 5.74. The van der Waals surface area contributed by atoms with Crippen molar-refractivity contribution in [3.63, 3.8) is 0 Å². The maximum atomic E-state index is 10.7. The number of hydrogen-bond donors (Lipinski definition) is 1. The van der Waals surface area contributed by atoms with E-state index in [0.29, 0.717) is 5.92 Å². The number of carbonyl (C=O) groups excluding carboxylic acids is 1. The smallest absolute Gasteiger partial charge is 0.150 e. The molecule has 0 saturated carbocycles. The van der Waals surface area contributed by atoms with Gasteiger partial charge in [-0.05, 0) is 69.3 Å². The Morgan fingerprint density at radius 1 is 1.05 bits per heavy atom. The summed E-state index contributed by atoms with van der Waals surface area (Å²) in [5.74, 6) is 1.57. The Kier molecular flexibility index (Phi) is 5.04. The quantitative estimate of drug-likeness (QED) is 0.864. The Bertz CT molecular complexity index is 443. The van der Waals surface area contributed by atoms with Crippen LogP contribution in [-0.2, 0) is 0 Å². The lowest BCUT2D eigenvalue weighted by atomic mass is 9.88. The number of benzene rings is 1. The molecular formula is C18H26N2O. The molecule has 0 aliphatic carbocycles. The van der Waals surface area contributed by atoms with Gasteiger partial charge < -0.3 is 10.2 Å². The predicted octanol–water partition coefficient (Wildman–Crippen LogP) is 2.68. The van der Waals surface area contributed by atoms with Crippen LogP contribution in [0, 0.1) is 5.92 Å². The molecule has 1 N–H and O–H groups in total. The molecule has 0 radical (unpaired) electrons. The van der Waals surface area contributed by atoms with Crippen LogP contribution in [0.2, 0.25) is 0 Å². The topological polar surface area (TPSA) is 32.3 Å². The first-order chi connectivity index (χ1) is 10.3. The highest BCUT2D eigenvalue weighted by Crippen LogP contribution is 2.29. The van der Waals surface area contributed by atoms with Crippen LogP contribution in [0.3, 0.4) is 0 Å². The van der Waals surface area contributed by atoms with E-state index in [-0.39, 0.29) is 0 Å². The highest BCUT2D eigenvalue weighted by Gasteiger charge is 2.23. The molecule has 3 heteroatoms. The van der Waals surface area contributed by atoms with E-state index >= 15 is 0 Å². The van der Waals surface area contributed by atoms with Crippen molar-refractivity contribution in [2.45, 2.75) is 31.6 Å². The number of likely N-dealkylation sites (tertiary alicyclic amines) is 1. The summed E-state index contributed by atoms with van der Waals surface area (Å²) in [5.41, 5.74) is 2.18. The Hall–Kier alpha value is -1.19. The van der Waals surface area contributed by atoms with Gasteiger partial charge in [0.15, 0.2) is 0 Å². The summed E-state index contributed by atoms with van der Waals surface area (Å²) < 4.78 is 0. The van der Waals surface area contributed by atoms with Crippen LogP contribution in [0.4, 0.5) is 0 Å². The minimum atomic E-state index is 0.676. The molecule has 2 aliphatic rings. The van der Waals surface area contributed by atoms with Crippen LogP contribution in [0.1, 0.15) is 47.5 Å². The van der Waals surface area contributed by atoms with E-state index in [0.717, 1.165) is 17.8 Å². The minimum Gasteiger partial charge on any atom is -0.317 e. The van der Waals surface area contributed by atoms with Gasteiger partial charge in [0.1, 0.15) is 6.29 Å². The predicted molar refractivity (Wildman–Crippen MR) is 85.8 cm³/mol. The largest absolute Gasteiger partial charge is 0.317 e. The van der Waals surface area contributed by atoms with Crippen LogP contribution in [0.15, 0.2) is 24.3 Å². The first kappa shape index (κ1) is 14.7. The van der Waals surface area contributed by atoms with Gasteiger partial charge in [-0.3, -0.25) is 4.79 Å². The molecule has 2 heterocycles. The summed E-state index contributed by atoms with van der Waals surface area (Å²) in [7, 11) is 0. The fraction of sp³-hybridized carbons (Fsp3) is 0.611. The lowest BCUT2D eigenvalue weighted by molar-refractivity contribution is 0.112. The van der Waals surface area contributed by atoms with Crippen molar-refractivity contribution >= 4 is 6.29 Å². The number of rotatable bonds is 4. The van der Waals surface area contributed by atoms with Crippen LogP contribution in [0.25, 0.3) is 0 Å². The minimum absolute atomic E-state index is 0.676. The highest BCUT2D eigenvalue weighted by atomic mass is 16.1. The zero-order valence-electron chi connectivity index (χ0n) is 12.8. The van der Waals surface area contributed by atoms with Gasteiger partial charge in [0.05, 0.1) is 0 Å². The fourth-order valence-electron chi connectivity index (χ4n) is 3.73. The summed E-state index contributed by atoms with van der Waals surface area (Å²) in [6, 6.07) is 8.17. The molecule has 1 aromatic rings. The Morgan fingerprint density at radius 2 is 1.71 bits per heavy atom. The van der Waals surface area contributed by atoms with Gasteiger partial charge >= 0.3 is 0 Å². The Balaban J connectivity index is 1.48. The van der Waals surface area contributed by atoms with Crippen molar-refractivity contribution in [3.05, 3.63) is 35.4 Å². The lowest BCUT2D eigenvalue weighted by Crippen LogP contribution is -2.39. The zero-order valence-corrected chi connectivity index (χ0v) is 12.8. The molecule has 0 aromatic heterocycles. The van der Waals surface area contributed by atoms with Crippen molar-refractivity contribution in [3.8, 4) is 0 Å². The molecule has 0 spiro atoms. The second kappa shape index (κ2) is 7.19. The van der Waals surface area contributed by atoms with Crippen LogP contribution < -0.4 is 5.32 Å². The van der Waals surface area contributed by atoms with Gasteiger partial charge in [-0.2, -0.15) is 0 Å². The van der Waals surface area contributed by atoms with E-state index in [9.17, 15) is 4.79 Å². The molecule has 114 valence electrons. The molecule has 0 bridgehead atoms. The molecule has 3 rings (SSSR count). The van der Waals surface area contributed by atoms with E-state index < -0.39 is 0 Å². The molecule has 1 aromatic carbocycles. The molecule has 2 fully saturated rings. The molecule has 0 atom stereocenters. The average molecular weight is 286 g/mol. The first-order valence-electron chi connectivity index (χ1n) is 8.33. The standard InChI is InChI=1S/C18H26N2O/c21-14-16-1-3-17(4-2-16)18-7-11-20(12-8-18)13-15-5-9-19-10-6-15/h1-4,14-15,18-19H,5-13H2. The van der Waals surface area contributed by atoms with Gasteiger partial charge in [0.2, 0.25) is 0 Å². The maximum Gasteiger partial charge on any atom is 0.150 e. The summed E-state index contributed by atoms with van der Waals surface area (Å²) in [4.78, 5) is 13.4. The van der Waals surface area contributed by atoms with Crippen molar-refractivity contribution < 1.29 is 4.79 Å². The van der Waals surface area contributed by atoms with Gasteiger partial charge in [0, 0.05) is 12.1 Å². The molecule has 2 saturated heterocycles. The van der Waals surface area contributed by atoms with Crippen LogP contribution in [0.5, 0.6) is 0 Å². The normalized spacial score (nSPS) is 22.3. The van der Waals surface area contributed by atoms with Crippen molar-refractivity contribution in [2.75, 3.05) is 32.7 Å². The van der Waals surface area contributed by atoms with Gasteiger partial charge in [-0.1, -0.05) is 24.3 Å². The van der Waals surface area contributed by atoms with Crippen LogP contribution in [-0.4, -0.2) is 43.9 Å². The lowest BCUT2D eigenvalue weighted by Gasteiger charge is -2.35. The maximum absolute atomic E-state index is 10.7. The van der Waals surface area contributed by atoms with Crippen molar-refractivity contribution in [2.24, 2.45) is 5.92 Å². The zero-order chi connectivity index (χ0) is 14.5. The van der Waals surface area contributed by atoms with Crippen molar-refractivity contribution in [1.29, 1.82) is 0 Å². The summed E-state index contributed by atoms with van der Waals surface area (Å²) in [6.07, 6.45) is 6.11. The number of piperidine rings is 2. The molecule has 0 unspecified atom stereocenters. The van der Waals surface area contributed by atoms with E-state index in [1.54, 1.807) is 0 Å². The third-order valence-electron chi connectivity index (χ3n) is 5.11. The second-order valence-electron chi connectivity index (χ2n) is 6.55. The molecular weight excluding hydrogens is 260 g/mol. The monoisotopic (exact) mass is 286 g/mol. The average Bonchev–Trinajstić information content (AvgIpc) is 2.57. The molecule has 3 nitrogen and oxygen atoms in total. The fourth-order valence-corrected chi connectivity index (χ4v) is 3.73. The van der Waals surface area contributed by atoms with Gasteiger partial charge in [0.25, 0.3) is 0 Å². The number of hydrogen-bond acceptors (Lipinski definition) is 3. The Morgan fingerprint density at radius 3 is 2.33 bits per heavy atom. The summed E-state index contributed by atoms with van der Waals surface area (Å²) >= 11 is 0. The number of aldehydes is 1. The molecule has 0 amide bonds. The van der Waals surface area contributed by atoms with E-state index in [1.807, 2.05) is 12.1 Å². The van der Waals surface area contributed by atoms with Gasteiger partial charge in [-0.25, -0.2) is 0 Å². The van der Waals surface area contributed by atoms with E-state index in [4.69, 9.17) is 0 Å². The van der Waals surface area contributed by atoms with E-state index in [1.165, 1.54) is 64.0 Å². The van der Waals surface area contributed by atoms with E-state index in [2.05, 4.69) is 22.3 Å². The molecule has 21 heavy (non-hydrogen) atoms. The third-order valence-corrected chi connectivity index (χ3v) is 5.11. The number of nitrogens with zero attached hydrogens (tertiary/aromatic N) is 1. The van der Waals surface area contributed by atoms with Gasteiger partial charge in [-0.15, -0.1) is 0 Å². The second-order valence-corrected chi connectivity index (χ2v) is 6.55. The third kappa shape index (κ3) is 3.92. The summed E-state index contributed by atoms with van der Waals surface area (Å²) in [6.45, 7) is 6.14. The SMILES string of the molecule is O=Cc1ccc(C2CCN(CC3CCNCC3)CC2)cc1. The Labute approximate surface area is 127 Å². The van der Waals surface area contributed by atoms with Crippen molar-refractivity contribution in [1.82, 2.24) is 10.2 Å². The summed E-state index contributed by atoms with van der Waals surface area (Å²) in [5, 5.41) is 3.45. The number of carbonyl (C=O) groups is 1. The first-order valence-corrected chi connectivity index (χ1v) is 8.33. The molecule has 2 aliphatic heterocycles.